The zero-order valence-electron chi connectivity index (χ0n) is 8.72. The lowest BCUT2D eigenvalue weighted by Gasteiger charge is -2.12. The molecule has 0 unspecified atom stereocenters. The number of alkyl halides is 4. The summed E-state index contributed by atoms with van der Waals surface area (Å²) in [5, 5.41) is 0. The van der Waals surface area contributed by atoms with Crippen molar-refractivity contribution in [2.45, 2.75) is 20.0 Å². The molecule has 2 N–H and O–H groups in total. The van der Waals surface area contributed by atoms with Crippen LogP contribution in [0.4, 0.5) is 23.2 Å². The molecular formula is C10H9F4NO2. The number of hydrogen-bond donors (Lipinski definition) is 1. The zero-order chi connectivity index (χ0) is 13.2. The molecule has 1 aromatic rings. The Bertz CT molecular complexity index is 435. The van der Waals surface area contributed by atoms with E-state index in [-0.39, 0.29) is 11.3 Å². The van der Waals surface area contributed by atoms with Gasteiger partial charge < -0.3 is 10.5 Å². The van der Waals surface area contributed by atoms with Crippen LogP contribution in [0.3, 0.4) is 0 Å². The smallest absolute Gasteiger partial charge is 0.387 e. The molecule has 0 radical (unpaired) electrons. The molecule has 0 spiro atoms. The van der Waals surface area contributed by atoms with Crippen LogP contribution < -0.4 is 10.5 Å². The lowest BCUT2D eigenvalue weighted by Crippen LogP contribution is -2.08. The Morgan fingerprint density at radius 1 is 1.29 bits per heavy atom. The van der Waals surface area contributed by atoms with Gasteiger partial charge in [0.25, 0.3) is 6.43 Å². The van der Waals surface area contributed by atoms with Crippen molar-refractivity contribution in [3.63, 3.8) is 0 Å². The third kappa shape index (κ3) is 3.08. The molecule has 17 heavy (non-hydrogen) atoms. The molecule has 3 nitrogen and oxygen atoms in total. The summed E-state index contributed by atoms with van der Waals surface area (Å²) in [6.07, 6.45) is -3.00. The van der Waals surface area contributed by atoms with Gasteiger partial charge in [-0.1, -0.05) is 0 Å². The van der Waals surface area contributed by atoms with E-state index in [1.165, 1.54) is 0 Å². The summed E-state index contributed by atoms with van der Waals surface area (Å²) in [4.78, 5) is 11.1. The van der Waals surface area contributed by atoms with Crippen LogP contribution >= 0.6 is 0 Å². The summed E-state index contributed by atoms with van der Waals surface area (Å²) < 4.78 is 53.1. The van der Waals surface area contributed by atoms with Crippen molar-refractivity contribution in [2.24, 2.45) is 0 Å². The van der Waals surface area contributed by atoms with Crippen LogP contribution in [0.25, 0.3) is 0 Å². The van der Waals surface area contributed by atoms with Crippen molar-refractivity contribution in [3.05, 3.63) is 23.3 Å². The normalized spacial score (nSPS) is 11.0. The monoisotopic (exact) mass is 251 g/mol. The number of carbonyl (C=O) groups is 1. The minimum absolute atomic E-state index is 0.314. The largest absolute Gasteiger partial charge is 0.435 e. The van der Waals surface area contributed by atoms with Crippen LogP contribution in [0.1, 0.15) is 29.3 Å². The number of ether oxygens (including phenoxy) is 1. The molecule has 0 aliphatic carbocycles. The van der Waals surface area contributed by atoms with Gasteiger partial charge in [-0.2, -0.15) is 8.78 Å². The number of Topliss-reactive ketones (excluding diaryl/α,β-unsaturated/α-hetero) is 1. The van der Waals surface area contributed by atoms with Crippen molar-refractivity contribution >= 4 is 11.5 Å². The number of benzene rings is 1. The maximum absolute atomic E-state index is 12.6. The number of anilines is 1. The molecule has 94 valence electrons. The quantitative estimate of drug-likeness (QED) is 0.508. The van der Waals surface area contributed by atoms with E-state index in [0.717, 1.165) is 13.0 Å². The summed E-state index contributed by atoms with van der Waals surface area (Å²) in [5.74, 6) is -1.17. The number of carbonyl (C=O) groups excluding carboxylic acids is 1. The summed E-state index contributed by atoms with van der Waals surface area (Å²) in [6.45, 7) is -2.09. The maximum Gasteiger partial charge on any atom is 0.387 e. The summed E-state index contributed by atoms with van der Waals surface area (Å²) in [5.41, 5.74) is 3.96. The van der Waals surface area contributed by atoms with Gasteiger partial charge in [-0.25, -0.2) is 8.78 Å². The van der Waals surface area contributed by atoms with Gasteiger partial charge in [-0.05, 0) is 13.0 Å². The highest BCUT2D eigenvalue weighted by atomic mass is 19.3. The first-order valence-corrected chi connectivity index (χ1v) is 4.50. The number of nitrogens with two attached hydrogens (primary N) is 1. The van der Waals surface area contributed by atoms with Gasteiger partial charge in [0.05, 0.1) is 0 Å². The van der Waals surface area contributed by atoms with Crippen LogP contribution in [0, 0.1) is 0 Å². The standard InChI is InChI=1S/C10H9F4NO2/c1-4(16)8-6(9(11)12)2-5(3-7(8)15)17-10(13)14/h2-3,9-10H,15H2,1H3. The molecule has 0 amide bonds. The summed E-state index contributed by atoms with van der Waals surface area (Å²) in [7, 11) is 0. The van der Waals surface area contributed by atoms with E-state index >= 15 is 0 Å². The van der Waals surface area contributed by atoms with E-state index in [4.69, 9.17) is 5.73 Å². The van der Waals surface area contributed by atoms with Gasteiger partial charge in [0.1, 0.15) is 5.75 Å². The van der Waals surface area contributed by atoms with E-state index in [1.54, 1.807) is 0 Å². The van der Waals surface area contributed by atoms with Crippen LogP contribution in [-0.4, -0.2) is 12.4 Å². The molecule has 7 heteroatoms. The molecule has 0 aliphatic rings. The van der Waals surface area contributed by atoms with E-state index < -0.39 is 30.1 Å². The molecule has 0 saturated heterocycles. The first-order chi connectivity index (χ1) is 7.82. The predicted molar refractivity (Wildman–Crippen MR) is 52.4 cm³/mol. The first kappa shape index (κ1) is 13.3. The molecule has 0 atom stereocenters. The number of halogens is 4. The van der Waals surface area contributed by atoms with Crippen molar-refractivity contribution in [3.8, 4) is 5.75 Å². The van der Waals surface area contributed by atoms with Crippen molar-refractivity contribution in [1.82, 2.24) is 0 Å². The number of nitrogen functional groups attached to an aromatic ring is 1. The van der Waals surface area contributed by atoms with Gasteiger partial charge in [0.15, 0.2) is 5.78 Å². The molecule has 0 bridgehead atoms. The van der Waals surface area contributed by atoms with E-state index in [1.807, 2.05) is 0 Å². The van der Waals surface area contributed by atoms with Crippen LogP contribution in [0.2, 0.25) is 0 Å². The number of ketones is 1. The second kappa shape index (κ2) is 5.03. The zero-order valence-corrected chi connectivity index (χ0v) is 8.72. The second-order valence-corrected chi connectivity index (χ2v) is 3.21. The highest BCUT2D eigenvalue weighted by Gasteiger charge is 2.21. The van der Waals surface area contributed by atoms with Gasteiger partial charge in [-0.3, -0.25) is 4.79 Å². The van der Waals surface area contributed by atoms with Gasteiger partial charge in [0, 0.05) is 22.9 Å². The fourth-order valence-corrected chi connectivity index (χ4v) is 1.41. The highest BCUT2D eigenvalue weighted by Crippen LogP contribution is 2.32. The lowest BCUT2D eigenvalue weighted by atomic mass is 10.0. The highest BCUT2D eigenvalue weighted by molar-refractivity contribution is 6.01. The Morgan fingerprint density at radius 2 is 1.88 bits per heavy atom. The minimum Gasteiger partial charge on any atom is -0.435 e. The van der Waals surface area contributed by atoms with Gasteiger partial charge in [0.2, 0.25) is 0 Å². The fourth-order valence-electron chi connectivity index (χ4n) is 1.41. The number of rotatable bonds is 4. The third-order valence-corrected chi connectivity index (χ3v) is 1.99. The first-order valence-electron chi connectivity index (χ1n) is 4.50. The minimum atomic E-state index is -3.15. The summed E-state index contributed by atoms with van der Waals surface area (Å²) >= 11 is 0. The molecule has 0 saturated carbocycles. The molecule has 1 aromatic carbocycles. The Hall–Kier alpha value is -1.79. The molecule has 0 fully saturated rings. The molecule has 0 aromatic heterocycles. The average Bonchev–Trinajstić information content (AvgIpc) is 2.14. The summed E-state index contributed by atoms with van der Waals surface area (Å²) in [6, 6.07) is 1.60. The third-order valence-electron chi connectivity index (χ3n) is 1.99. The fraction of sp³-hybridized carbons (Fsp3) is 0.300. The number of hydrogen-bond acceptors (Lipinski definition) is 3. The van der Waals surface area contributed by atoms with Crippen LogP contribution in [0.5, 0.6) is 5.75 Å². The van der Waals surface area contributed by atoms with Crippen molar-refractivity contribution in [2.75, 3.05) is 5.73 Å². The van der Waals surface area contributed by atoms with Gasteiger partial charge >= 0.3 is 6.61 Å². The molecular weight excluding hydrogens is 242 g/mol. The topological polar surface area (TPSA) is 52.3 Å². The Balaban J connectivity index is 3.31. The van der Waals surface area contributed by atoms with E-state index in [0.29, 0.717) is 6.07 Å². The Morgan fingerprint density at radius 3 is 2.29 bits per heavy atom. The van der Waals surface area contributed by atoms with E-state index in [2.05, 4.69) is 4.74 Å². The Labute approximate surface area is 94.2 Å². The van der Waals surface area contributed by atoms with Crippen molar-refractivity contribution in [1.29, 1.82) is 0 Å². The van der Waals surface area contributed by atoms with Crippen LogP contribution in [-0.2, 0) is 0 Å². The second-order valence-electron chi connectivity index (χ2n) is 3.21. The van der Waals surface area contributed by atoms with E-state index in [9.17, 15) is 22.4 Å². The van der Waals surface area contributed by atoms with Crippen molar-refractivity contribution < 1.29 is 27.1 Å². The molecule has 0 aliphatic heterocycles. The predicted octanol–water partition coefficient (Wildman–Crippen LogP) is 3.01. The SMILES string of the molecule is CC(=O)c1c(N)cc(OC(F)F)cc1C(F)F. The maximum atomic E-state index is 12.6. The van der Waals surface area contributed by atoms with Crippen LogP contribution in [0.15, 0.2) is 12.1 Å². The molecule has 0 heterocycles. The van der Waals surface area contributed by atoms with Gasteiger partial charge in [-0.15, -0.1) is 0 Å². The Kier molecular flexibility index (Phi) is 3.93. The average molecular weight is 251 g/mol. The molecule has 1 rings (SSSR count). The lowest BCUT2D eigenvalue weighted by molar-refractivity contribution is -0.0499.